The zero-order chi connectivity index (χ0) is 23.9. The van der Waals surface area contributed by atoms with Gasteiger partial charge in [0, 0.05) is 12.2 Å². The SMILES string of the molecule is CC1=Nc2c(c(=O)[nH]n2[C@@H]2CCOC(C)(C)C2)[C@H](c2ccccc2OCc2cccc(F)c2)S1. The molecule has 5 rings (SSSR count). The molecule has 0 spiro atoms. The number of thioether (sulfide) groups is 1. The summed E-state index contributed by atoms with van der Waals surface area (Å²) in [6.45, 7) is 7.00. The molecular formula is C26H28FN3O3S. The summed E-state index contributed by atoms with van der Waals surface area (Å²) >= 11 is 1.55. The molecule has 1 N–H and O–H groups in total. The Morgan fingerprint density at radius 3 is 2.88 bits per heavy atom. The van der Waals surface area contributed by atoms with Gasteiger partial charge in [-0.05, 0) is 57.4 Å². The lowest BCUT2D eigenvalue weighted by atomic mass is 9.94. The van der Waals surface area contributed by atoms with Gasteiger partial charge in [-0.1, -0.05) is 42.1 Å². The van der Waals surface area contributed by atoms with Crippen LogP contribution in [0, 0.1) is 5.82 Å². The summed E-state index contributed by atoms with van der Waals surface area (Å²) in [4.78, 5) is 18.0. The van der Waals surface area contributed by atoms with E-state index in [2.05, 4.69) is 18.9 Å². The number of H-pyrrole nitrogens is 1. The van der Waals surface area contributed by atoms with Gasteiger partial charge in [0.1, 0.15) is 18.2 Å². The van der Waals surface area contributed by atoms with Crippen molar-refractivity contribution in [2.24, 2.45) is 4.99 Å². The van der Waals surface area contributed by atoms with Crippen LogP contribution in [-0.2, 0) is 11.3 Å². The van der Waals surface area contributed by atoms with E-state index in [1.54, 1.807) is 17.8 Å². The van der Waals surface area contributed by atoms with Crippen molar-refractivity contribution in [1.29, 1.82) is 0 Å². The van der Waals surface area contributed by atoms with Gasteiger partial charge in [-0.3, -0.25) is 14.6 Å². The Balaban J connectivity index is 1.50. The van der Waals surface area contributed by atoms with Gasteiger partial charge < -0.3 is 9.47 Å². The summed E-state index contributed by atoms with van der Waals surface area (Å²) in [5.41, 5.74) is 1.90. The molecule has 1 aromatic heterocycles. The Kier molecular flexibility index (Phi) is 6.12. The van der Waals surface area contributed by atoms with Crippen LogP contribution >= 0.6 is 11.8 Å². The van der Waals surface area contributed by atoms with Gasteiger partial charge in [0.15, 0.2) is 5.82 Å². The lowest BCUT2D eigenvalue weighted by Gasteiger charge is -2.36. The number of fused-ring (bicyclic) bond motifs is 1. The third kappa shape index (κ3) is 4.57. The van der Waals surface area contributed by atoms with E-state index in [1.807, 2.05) is 41.9 Å². The quantitative estimate of drug-likeness (QED) is 0.492. The molecular weight excluding hydrogens is 453 g/mol. The van der Waals surface area contributed by atoms with E-state index in [4.69, 9.17) is 14.5 Å². The van der Waals surface area contributed by atoms with Gasteiger partial charge >= 0.3 is 0 Å². The minimum atomic E-state index is -0.294. The van der Waals surface area contributed by atoms with E-state index >= 15 is 0 Å². The number of rotatable bonds is 5. The fourth-order valence-electron chi connectivity index (χ4n) is 4.73. The van der Waals surface area contributed by atoms with Gasteiger partial charge in [0.25, 0.3) is 5.56 Å². The van der Waals surface area contributed by atoms with Gasteiger partial charge in [-0.25, -0.2) is 9.38 Å². The summed E-state index contributed by atoms with van der Waals surface area (Å²) in [5, 5.41) is 3.70. The van der Waals surface area contributed by atoms with E-state index in [0.29, 0.717) is 23.7 Å². The van der Waals surface area contributed by atoms with E-state index < -0.39 is 0 Å². The Bertz CT molecular complexity index is 1300. The number of halogens is 1. The van der Waals surface area contributed by atoms with E-state index in [-0.39, 0.29) is 34.9 Å². The smallest absolute Gasteiger partial charge is 0.271 e. The summed E-state index contributed by atoms with van der Waals surface area (Å²) in [6.07, 6.45) is 1.62. The van der Waals surface area contributed by atoms with Crippen LogP contribution in [0.1, 0.15) is 61.6 Å². The molecule has 0 bridgehead atoms. The predicted octanol–water partition coefficient (Wildman–Crippen LogP) is 5.91. The van der Waals surface area contributed by atoms with Gasteiger partial charge in [-0.2, -0.15) is 0 Å². The molecule has 0 aliphatic carbocycles. The van der Waals surface area contributed by atoms with Crippen molar-refractivity contribution >= 4 is 22.6 Å². The number of hydrogen-bond acceptors (Lipinski definition) is 5. The summed E-state index contributed by atoms with van der Waals surface area (Å²) in [7, 11) is 0. The molecule has 0 radical (unpaired) electrons. The van der Waals surface area contributed by atoms with Crippen molar-refractivity contribution in [2.75, 3.05) is 6.61 Å². The Morgan fingerprint density at radius 2 is 2.09 bits per heavy atom. The molecule has 2 aliphatic heterocycles. The van der Waals surface area contributed by atoms with Crippen LogP contribution < -0.4 is 10.3 Å². The number of hydrogen-bond donors (Lipinski definition) is 1. The Hall–Kier alpha value is -2.84. The van der Waals surface area contributed by atoms with Crippen molar-refractivity contribution in [3.8, 4) is 5.75 Å². The third-order valence-electron chi connectivity index (χ3n) is 6.27. The minimum Gasteiger partial charge on any atom is -0.489 e. The summed E-state index contributed by atoms with van der Waals surface area (Å²) < 4.78 is 27.5. The molecule has 1 saturated heterocycles. The zero-order valence-corrected chi connectivity index (χ0v) is 20.3. The van der Waals surface area contributed by atoms with Crippen molar-refractivity contribution in [3.05, 3.63) is 81.4 Å². The second-order valence-electron chi connectivity index (χ2n) is 9.39. The van der Waals surface area contributed by atoms with Crippen LogP contribution in [0.5, 0.6) is 5.75 Å². The summed E-state index contributed by atoms with van der Waals surface area (Å²) in [6, 6.07) is 14.2. The predicted molar refractivity (Wildman–Crippen MR) is 133 cm³/mol. The van der Waals surface area contributed by atoms with Crippen molar-refractivity contribution in [3.63, 3.8) is 0 Å². The highest BCUT2D eigenvalue weighted by Gasteiger charge is 2.36. The number of para-hydroxylation sites is 1. The fraction of sp³-hybridized carbons (Fsp3) is 0.385. The first-order valence-corrected chi connectivity index (χ1v) is 12.4. The Morgan fingerprint density at radius 1 is 1.26 bits per heavy atom. The molecule has 6 nitrogen and oxygen atoms in total. The number of benzene rings is 2. The minimum absolute atomic E-state index is 0.111. The number of aliphatic imine (C=N–C) groups is 1. The lowest BCUT2D eigenvalue weighted by molar-refractivity contribution is -0.0705. The molecule has 1 fully saturated rings. The van der Waals surface area contributed by atoms with Gasteiger partial charge in [-0.15, -0.1) is 0 Å². The summed E-state index contributed by atoms with van der Waals surface area (Å²) in [5.74, 6) is 1.07. The Labute approximate surface area is 202 Å². The highest BCUT2D eigenvalue weighted by molar-refractivity contribution is 8.14. The van der Waals surface area contributed by atoms with Gasteiger partial charge in [0.05, 0.1) is 27.5 Å². The van der Waals surface area contributed by atoms with E-state index in [0.717, 1.165) is 29.0 Å². The van der Waals surface area contributed by atoms with Crippen molar-refractivity contribution < 1.29 is 13.9 Å². The van der Waals surface area contributed by atoms with Crippen LogP contribution in [0.3, 0.4) is 0 Å². The van der Waals surface area contributed by atoms with E-state index in [1.165, 1.54) is 12.1 Å². The maximum Gasteiger partial charge on any atom is 0.271 e. The first-order valence-electron chi connectivity index (χ1n) is 11.5. The molecule has 3 aromatic rings. The highest BCUT2D eigenvalue weighted by atomic mass is 32.2. The second-order valence-corrected chi connectivity index (χ2v) is 10.7. The van der Waals surface area contributed by atoms with Crippen molar-refractivity contribution in [2.45, 2.75) is 57.1 Å². The third-order valence-corrected chi connectivity index (χ3v) is 7.43. The fourth-order valence-corrected chi connectivity index (χ4v) is 5.86. The van der Waals surface area contributed by atoms with Crippen LogP contribution in [0.25, 0.3) is 0 Å². The monoisotopic (exact) mass is 481 g/mol. The molecule has 0 saturated carbocycles. The normalized spacial score (nSPS) is 21.6. The number of aromatic nitrogens is 2. The molecule has 8 heteroatoms. The topological polar surface area (TPSA) is 68.6 Å². The number of aromatic amines is 1. The zero-order valence-electron chi connectivity index (χ0n) is 19.5. The maximum absolute atomic E-state index is 13.6. The first kappa shape index (κ1) is 22.9. The molecule has 2 aliphatic rings. The van der Waals surface area contributed by atoms with Crippen molar-refractivity contribution in [1.82, 2.24) is 9.78 Å². The average Bonchev–Trinajstić information content (AvgIpc) is 3.13. The van der Waals surface area contributed by atoms with Crippen LogP contribution in [0.15, 0.2) is 58.3 Å². The number of nitrogens with zero attached hydrogens (tertiary/aromatic N) is 2. The van der Waals surface area contributed by atoms with Gasteiger partial charge in [0.2, 0.25) is 0 Å². The maximum atomic E-state index is 13.6. The molecule has 178 valence electrons. The molecule has 0 amide bonds. The standard InChI is InChI=1S/C26H28FN3O3S/c1-16-28-24-22(25(31)29-30(24)19-11-12-33-26(2,3)14-19)23(34-16)20-9-4-5-10-21(20)32-15-17-7-6-8-18(27)13-17/h4-10,13,19,23H,11-12,14-15H2,1-3H3,(H,29,31)/t19-,23+/m1/s1. The van der Waals surface area contributed by atoms with Crippen LogP contribution in [0.4, 0.5) is 10.2 Å². The second kappa shape index (κ2) is 9.07. The first-order chi connectivity index (χ1) is 16.3. The van der Waals surface area contributed by atoms with E-state index in [9.17, 15) is 9.18 Å². The number of nitrogens with one attached hydrogen (secondary N) is 1. The molecule has 3 heterocycles. The average molecular weight is 482 g/mol. The molecule has 34 heavy (non-hydrogen) atoms. The largest absolute Gasteiger partial charge is 0.489 e. The molecule has 0 unspecified atom stereocenters. The number of ether oxygens (including phenoxy) is 2. The molecule has 2 aromatic carbocycles. The van der Waals surface area contributed by atoms with Crippen LogP contribution in [0.2, 0.25) is 0 Å². The lowest BCUT2D eigenvalue weighted by Crippen LogP contribution is -2.35. The van der Waals surface area contributed by atoms with Crippen LogP contribution in [-0.4, -0.2) is 27.0 Å². The molecule has 2 atom stereocenters. The highest BCUT2D eigenvalue weighted by Crippen LogP contribution is 2.47.